The number of rotatable bonds is 6. The lowest BCUT2D eigenvalue weighted by Gasteiger charge is -2.37. The van der Waals surface area contributed by atoms with Crippen LogP contribution in [0.1, 0.15) is 22.8 Å². The van der Waals surface area contributed by atoms with Crippen LogP contribution in [0.3, 0.4) is 0 Å². The molecule has 1 amide bonds. The average Bonchev–Trinajstić information content (AvgIpc) is 2.93. The van der Waals surface area contributed by atoms with E-state index in [1.807, 2.05) is 29.2 Å². The molecule has 2 saturated heterocycles. The maximum absolute atomic E-state index is 13.5. The molecule has 0 bridgehead atoms. The molecule has 8 heteroatoms. The number of aliphatic hydroxyl groups excluding tert-OH is 1. The highest BCUT2D eigenvalue weighted by molar-refractivity contribution is 6.01. The molecule has 2 aromatic rings. The first-order chi connectivity index (χ1) is 16.6. The second-order valence-corrected chi connectivity index (χ2v) is 8.09. The number of carbonyl (C=O) groups excluding carboxylic acids is 1. The van der Waals surface area contributed by atoms with Crippen LogP contribution in [0.4, 0.5) is 17.1 Å². The van der Waals surface area contributed by atoms with E-state index in [2.05, 4.69) is 40.6 Å². The SMILES string of the molecule is C=Nc1ccc(N2CCOCC2)c(C(=O)N2CCN(c3ccc(OC)c(CC)c3)CC2)c1.CO. The summed E-state index contributed by atoms with van der Waals surface area (Å²) >= 11 is 0. The number of amides is 1. The molecule has 0 aliphatic carbocycles. The fraction of sp³-hybridized carbons (Fsp3) is 0.462. The summed E-state index contributed by atoms with van der Waals surface area (Å²) in [6, 6.07) is 12.1. The summed E-state index contributed by atoms with van der Waals surface area (Å²) < 4.78 is 10.9. The van der Waals surface area contributed by atoms with Gasteiger partial charge in [0.25, 0.3) is 5.91 Å². The molecular weight excluding hydrogens is 432 g/mol. The van der Waals surface area contributed by atoms with Crippen LogP contribution < -0.4 is 14.5 Å². The molecule has 2 aromatic carbocycles. The molecule has 184 valence electrons. The molecule has 0 aromatic heterocycles. The Labute approximate surface area is 202 Å². The molecule has 0 spiro atoms. The van der Waals surface area contributed by atoms with Gasteiger partial charge in [-0.05, 0) is 55.1 Å². The number of piperazine rings is 1. The van der Waals surface area contributed by atoms with E-state index >= 15 is 0 Å². The van der Waals surface area contributed by atoms with Gasteiger partial charge in [-0.2, -0.15) is 0 Å². The number of anilines is 2. The molecule has 4 rings (SSSR count). The third-order valence-corrected chi connectivity index (χ3v) is 6.32. The van der Waals surface area contributed by atoms with E-state index in [9.17, 15) is 4.79 Å². The van der Waals surface area contributed by atoms with Gasteiger partial charge in [0.2, 0.25) is 0 Å². The van der Waals surface area contributed by atoms with E-state index in [0.717, 1.165) is 51.1 Å². The Balaban J connectivity index is 0.00000158. The predicted molar refractivity (Wildman–Crippen MR) is 137 cm³/mol. The second-order valence-electron chi connectivity index (χ2n) is 8.09. The van der Waals surface area contributed by atoms with Crippen molar-refractivity contribution in [1.82, 2.24) is 4.90 Å². The van der Waals surface area contributed by atoms with E-state index in [4.69, 9.17) is 14.6 Å². The second kappa shape index (κ2) is 12.4. The first-order valence-corrected chi connectivity index (χ1v) is 11.7. The molecule has 2 aliphatic heterocycles. The molecule has 2 heterocycles. The minimum Gasteiger partial charge on any atom is -0.496 e. The smallest absolute Gasteiger partial charge is 0.256 e. The molecule has 2 fully saturated rings. The number of methoxy groups -OCH3 is 1. The van der Waals surface area contributed by atoms with Gasteiger partial charge in [0.05, 0.1) is 31.6 Å². The van der Waals surface area contributed by atoms with Gasteiger partial charge in [-0.1, -0.05) is 6.92 Å². The lowest BCUT2D eigenvalue weighted by Crippen LogP contribution is -2.49. The van der Waals surface area contributed by atoms with E-state index in [-0.39, 0.29) is 5.91 Å². The summed E-state index contributed by atoms with van der Waals surface area (Å²) in [5.74, 6) is 0.983. The van der Waals surface area contributed by atoms with Crippen LogP contribution in [0, 0.1) is 0 Å². The minimum absolute atomic E-state index is 0.0561. The molecule has 1 N–H and O–H groups in total. The third kappa shape index (κ3) is 5.69. The number of aliphatic hydroxyl groups is 1. The van der Waals surface area contributed by atoms with Crippen LogP contribution in [-0.2, 0) is 11.2 Å². The molecule has 0 saturated carbocycles. The maximum atomic E-state index is 13.5. The highest BCUT2D eigenvalue weighted by Crippen LogP contribution is 2.29. The number of morpholine rings is 1. The van der Waals surface area contributed by atoms with Crippen LogP contribution in [0.15, 0.2) is 41.4 Å². The Morgan fingerprint density at radius 3 is 2.35 bits per heavy atom. The van der Waals surface area contributed by atoms with Gasteiger partial charge >= 0.3 is 0 Å². The summed E-state index contributed by atoms with van der Waals surface area (Å²) in [5.41, 5.74) is 4.75. The topological polar surface area (TPSA) is 77.8 Å². The quantitative estimate of drug-likeness (QED) is 0.657. The summed E-state index contributed by atoms with van der Waals surface area (Å²) in [4.78, 5) is 24.1. The summed E-state index contributed by atoms with van der Waals surface area (Å²) in [6.45, 7) is 11.6. The lowest BCUT2D eigenvalue weighted by molar-refractivity contribution is 0.0746. The lowest BCUT2D eigenvalue weighted by atomic mass is 10.1. The molecule has 8 nitrogen and oxygen atoms in total. The van der Waals surface area contributed by atoms with Crippen LogP contribution >= 0.6 is 0 Å². The highest BCUT2D eigenvalue weighted by atomic mass is 16.5. The molecule has 0 unspecified atom stereocenters. The molecule has 0 radical (unpaired) electrons. The largest absolute Gasteiger partial charge is 0.496 e. The summed E-state index contributed by atoms with van der Waals surface area (Å²) in [7, 11) is 2.71. The monoisotopic (exact) mass is 468 g/mol. The van der Waals surface area contributed by atoms with Gasteiger partial charge < -0.3 is 29.3 Å². The molecule has 2 aliphatic rings. The third-order valence-electron chi connectivity index (χ3n) is 6.32. The minimum atomic E-state index is 0.0561. The number of carbonyl (C=O) groups is 1. The average molecular weight is 469 g/mol. The Morgan fingerprint density at radius 2 is 1.74 bits per heavy atom. The van der Waals surface area contributed by atoms with Gasteiger partial charge in [0.15, 0.2) is 0 Å². The van der Waals surface area contributed by atoms with Crippen LogP contribution in [0.2, 0.25) is 0 Å². The Hall–Kier alpha value is -3.10. The standard InChI is InChI=1S/C25H32N4O3.CH4O/c1-4-19-17-21(6-8-24(19)31-3)27-9-11-29(12-10-27)25(30)22-18-20(26-2)5-7-23(22)28-13-15-32-16-14-28;1-2/h5-8,17-18H,2,4,9-16H2,1,3H3;2H,1H3. The van der Waals surface area contributed by atoms with Crippen molar-refractivity contribution in [2.75, 3.05) is 76.5 Å². The van der Waals surface area contributed by atoms with Crippen molar-refractivity contribution in [2.24, 2.45) is 4.99 Å². The first-order valence-electron chi connectivity index (χ1n) is 11.7. The van der Waals surface area contributed by atoms with Crippen molar-refractivity contribution in [3.8, 4) is 5.75 Å². The fourth-order valence-electron chi connectivity index (χ4n) is 4.45. The summed E-state index contributed by atoms with van der Waals surface area (Å²) in [5, 5.41) is 7.00. The first kappa shape index (κ1) is 25.5. The van der Waals surface area contributed by atoms with E-state index in [1.165, 1.54) is 11.3 Å². The number of benzene rings is 2. The van der Waals surface area contributed by atoms with Gasteiger partial charge in [-0.15, -0.1) is 0 Å². The van der Waals surface area contributed by atoms with Crippen molar-refractivity contribution in [3.05, 3.63) is 47.5 Å². The predicted octanol–water partition coefficient (Wildman–Crippen LogP) is 3.00. The number of hydrogen-bond acceptors (Lipinski definition) is 7. The maximum Gasteiger partial charge on any atom is 0.256 e. The Bertz CT molecular complexity index is 967. The van der Waals surface area contributed by atoms with Crippen LogP contribution in [0.5, 0.6) is 5.75 Å². The van der Waals surface area contributed by atoms with Crippen molar-refractivity contribution < 1.29 is 19.4 Å². The molecular formula is C26H36N4O4. The molecule has 34 heavy (non-hydrogen) atoms. The highest BCUT2D eigenvalue weighted by Gasteiger charge is 2.26. The molecule has 0 atom stereocenters. The zero-order valence-corrected chi connectivity index (χ0v) is 20.5. The van der Waals surface area contributed by atoms with Crippen LogP contribution in [-0.4, -0.2) is 89.3 Å². The van der Waals surface area contributed by atoms with E-state index in [0.29, 0.717) is 37.6 Å². The number of aryl methyl sites for hydroxylation is 1. The number of aliphatic imine (C=N–C) groups is 1. The van der Waals surface area contributed by atoms with Crippen molar-refractivity contribution in [2.45, 2.75) is 13.3 Å². The van der Waals surface area contributed by atoms with E-state index in [1.54, 1.807) is 7.11 Å². The van der Waals surface area contributed by atoms with Crippen molar-refractivity contribution in [1.29, 1.82) is 0 Å². The Kier molecular flexibility index (Phi) is 9.30. The number of nitrogens with zero attached hydrogens (tertiary/aromatic N) is 4. The zero-order valence-electron chi connectivity index (χ0n) is 20.5. The van der Waals surface area contributed by atoms with E-state index < -0.39 is 0 Å². The number of ether oxygens (including phenoxy) is 2. The Morgan fingerprint density at radius 1 is 1.03 bits per heavy atom. The fourth-order valence-corrected chi connectivity index (χ4v) is 4.45. The van der Waals surface area contributed by atoms with Crippen molar-refractivity contribution >= 4 is 29.7 Å². The normalized spacial score (nSPS) is 15.9. The van der Waals surface area contributed by atoms with Gasteiger partial charge in [-0.25, -0.2) is 0 Å². The zero-order chi connectivity index (χ0) is 24.5. The van der Waals surface area contributed by atoms with Gasteiger partial charge in [-0.3, -0.25) is 9.79 Å². The van der Waals surface area contributed by atoms with Gasteiger partial charge in [0.1, 0.15) is 5.75 Å². The summed E-state index contributed by atoms with van der Waals surface area (Å²) in [6.07, 6.45) is 0.924. The van der Waals surface area contributed by atoms with Crippen LogP contribution in [0.25, 0.3) is 0 Å². The van der Waals surface area contributed by atoms with Crippen molar-refractivity contribution in [3.63, 3.8) is 0 Å². The number of hydrogen-bond donors (Lipinski definition) is 1. The van der Waals surface area contributed by atoms with Gasteiger partial charge in [0, 0.05) is 57.8 Å².